The molecule has 5 rings (SSSR count). The van der Waals surface area contributed by atoms with Crippen LogP contribution in [0.1, 0.15) is 21.5 Å². The van der Waals surface area contributed by atoms with Crippen LogP contribution in [-0.4, -0.2) is 38.8 Å². The molecule has 0 spiro atoms. The average Bonchev–Trinajstić information content (AvgIpc) is 3.32. The lowest BCUT2D eigenvalue weighted by molar-refractivity contribution is 0.0544. The Labute approximate surface area is 189 Å². The van der Waals surface area contributed by atoms with Crippen molar-refractivity contribution in [1.29, 1.82) is 0 Å². The Balaban J connectivity index is 1.53. The van der Waals surface area contributed by atoms with Gasteiger partial charge < -0.3 is 10.0 Å². The van der Waals surface area contributed by atoms with E-state index in [-0.39, 0.29) is 29.5 Å². The largest absolute Gasteiger partial charge is 0.394 e. The summed E-state index contributed by atoms with van der Waals surface area (Å²) in [4.78, 5) is 15.2. The van der Waals surface area contributed by atoms with Gasteiger partial charge in [-0.25, -0.2) is 8.78 Å². The smallest absolute Gasteiger partial charge is 0.255 e. The molecule has 0 saturated heterocycles. The number of nitrogens with one attached hydrogen (secondary N) is 1. The van der Waals surface area contributed by atoms with E-state index >= 15 is 4.39 Å². The van der Waals surface area contributed by atoms with Crippen molar-refractivity contribution < 1.29 is 18.7 Å². The predicted molar refractivity (Wildman–Crippen MR) is 120 cm³/mol. The molecule has 166 valence electrons. The maximum atomic E-state index is 15.0. The van der Waals surface area contributed by atoms with E-state index in [1.54, 1.807) is 29.2 Å². The fourth-order valence-electron chi connectivity index (χ4n) is 4.34. The third-order valence-corrected chi connectivity index (χ3v) is 6.06. The van der Waals surface area contributed by atoms with Gasteiger partial charge in [0, 0.05) is 17.7 Å². The Hall–Kier alpha value is -3.84. The van der Waals surface area contributed by atoms with E-state index in [4.69, 9.17) is 0 Å². The van der Waals surface area contributed by atoms with Crippen LogP contribution in [0, 0.1) is 11.6 Å². The first-order valence-electron chi connectivity index (χ1n) is 10.6. The van der Waals surface area contributed by atoms with Gasteiger partial charge in [0.05, 0.1) is 29.6 Å². The lowest BCUT2D eigenvalue weighted by atomic mass is 9.92. The Bertz CT molecular complexity index is 1320. The SMILES string of the molecule is O=C(c1cccc(F)c1-c1cc(-c2ccc(F)cc2)n[nH]1)N1Cc2ccccc2C[C@H]1CO. The van der Waals surface area contributed by atoms with Crippen LogP contribution in [0.4, 0.5) is 8.78 Å². The Morgan fingerprint density at radius 1 is 1.03 bits per heavy atom. The standard InChI is InChI=1S/C26H21F2N3O2/c27-19-10-8-16(9-11-19)23-13-24(30-29-23)25-21(6-3-7-22(25)28)26(33)31-14-18-5-2-1-4-17(18)12-20(31)15-32/h1-11,13,20,32H,12,14-15H2,(H,29,30)/t20-/m0/s1. The number of aliphatic hydroxyl groups excluding tert-OH is 1. The van der Waals surface area contributed by atoms with Crippen LogP contribution in [0.5, 0.6) is 0 Å². The summed E-state index contributed by atoms with van der Waals surface area (Å²) in [5.41, 5.74) is 3.91. The summed E-state index contributed by atoms with van der Waals surface area (Å²) in [5, 5.41) is 17.0. The second-order valence-electron chi connectivity index (χ2n) is 8.08. The summed E-state index contributed by atoms with van der Waals surface area (Å²) < 4.78 is 28.3. The predicted octanol–water partition coefficient (Wildman–Crippen LogP) is 4.58. The molecule has 2 heterocycles. The zero-order chi connectivity index (χ0) is 22.9. The molecule has 2 N–H and O–H groups in total. The molecular weight excluding hydrogens is 424 g/mol. The van der Waals surface area contributed by atoms with Gasteiger partial charge in [-0.15, -0.1) is 0 Å². The van der Waals surface area contributed by atoms with Crippen LogP contribution in [0.3, 0.4) is 0 Å². The first kappa shape index (κ1) is 21.0. The molecule has 0 fully saturated rings. The Morgan fingerprint density at radius 2 is 1.79 bits per heavy atom. The maximum absolute atomic E-state index is 15.0. The molecular formula is C26H21F2N3O2. The van der Waals surface area contributed by atoms with Crippen molar-refractivity contribution >= 4 is 5.91 Å². The normalized spacial score (nSPS) is 15.4. The lowest BCUT2D eigenvalue weighted by Crippen LogP contribution is -2.46. The Kier molecular flexibility index (Phi) is 5.48. The van der Waals surface area contributed by atoms with Crippen LogP contribution >= 0.6 is 0 Å². The molecule has 0 aliphatic carbocycles. The van der Waals surface area contributed by atoms with E-state index in [0.717, 1.165) is 11.1 Å². The van der Waals surface area contributed by atoms with Crippen molar-refractivity contribution in [3.63, 3.8) is 0 Å². The van der Waals surface area contributed by atoms with Gasteiger partial charge in [0.25, 0.3) is 5.91 Å². The number of fused-ring (bicyclic) bond motifs is 1. The highest BCUT2D eigenvalue weighted by Gasteiger charge is 2.32. The molecule has 7 heteroatoms. The Morgan fingerprint density at radius 3 is 2.55 bits per heavy atom. The number of nitrogens with zero attached hydrogens (tertiary/aromatic N) is 2. The molecule has 33 heavy (non-hydrogen) atoms. The van der Waals surface area contributed by atoms with Gasteiger partial charge in [0.1, 0.15) is 11.6 Å². The molecule has 1 aliphatic rings. The molecule has 3 aromatic carbocycles. The molecule has 1 aromatic heterocycles. The highest BCUT2D eigenvalue weighted by atomic mass is 19.1. The first-order valence-corrected chi connectivity index (χ1v) is 10.6. The molecule has 1 aliphatic heterocycles. The summed E-state index contributed by atoms with van der Waals surface area (Å²) in [6.45, 7) is 0.142. The van der Waals surface area contributed by atoms with Gasteiger partial charge in [-0.3, -0.25) is 9.89 Å². The number of amides is 1. The number of carbonyl (C=O) groups is 1. The molecule has 1 atom stereocenters. The molecule has 0 radical (unpaired) electrons. The van der Waals surface area contributed by atoms with Gasteiger partial charge in [0.2, 0.25) is 0 Å². The second-order valence-corrected chi connectivity index (χ2v) is 8.08. The second kappa shape index (κ2) is 8.60. The van der Waals surface area contributed by atoms with E-state index in [1.165, 1.54) is 24.3 Å². The van der Waals surface area contributed by atoms with Crippen LogP contribution in [0.2, 0.25) is 0 Å². The summed E-state index contributed by atoms with van der Waals surface area (Å²) in [5.74, 6) is -1.29. The van der Waals surface area contributed by atoms with Crippen molar-refractivity contribution in [2.75, 3.05) is 6.61 Å². The third-order valence-electron chi connectivity index (χ3n) is 6.06. The van der Waals surface area contributed by atoms with Crippen molar-refractivity contribution in [1.82, 2.24) is 15.1 Å². The van der Waals surface area contributed by atoms with E-state index in [2.05, 4.69) is 10.2 Å². The molecule has 5 nitrogen and oxygen atoms in total. The summed E-state index contributed by atoms with van der Waals surface area (Å²) in [7, 11) is 0. The fraction of sp³-hybridized carbons (Fsp3) is 0.154. The van der Waals surface area contributed by atoms with Gasteiger partial charge in [-0.1, -0.05) is 30.3 Å². The number of halogens is 2. The van der Waals surface area contributed by atoms with Gasteiger partial charge >= 0.3 is 0 Å². The number of H-pyrrole nitrogens is 1. The van der Waals surface area contributed by atoms with E-state index in [0.29, 0.717) is 29.9 Å². The monoisotopic (exact) mass is 445 g/mol. The summed E-state index contributed by atoms with van der Waals surface area (Å²) >= 11 is 0. The van der Waals surface area contributed by atoms with Crippen molar-refractivity contribution in [3.05, 3.63) is 101 Å². The third kappa shape index (κ3) is 3.91. The summed E-state index contributed by atoms with van der Waals surface area (Å²) in [6, 6.07) is 19.2. The summed E-state index contributed by atoms with van der Waals surface area (Å²) in [6.07, 6.45) is 0.530. The number of aliphatic hydroxyl groups is 1. The van der Waals surface area contributed by atoms with E-state index < -0.39 is 11.9 Å². The lowest BCUT2D eigenvalue weighted by Gasteiger charge is -2.36. The molecule has 0 saturated carbocycles. The van der Waals surface area contributed by atoms with Crippen molar-refractivity contribution in [3.8, 4) is 22.5 Å². The topological polar surface area (TPSA) is 69.2 Å². The average molecular weight is 445 g/mol. The van der Waals surface area contributed by atoms with Gasteiger partial charge in [-0.2, -0.15) is 5.10 Å². The van der Waals surface area contributed by atoms with Crippen LogP contribution in [-0.2, 0) is 13.0 Å². The van der Waals surface area contributed by atoms with Gasteiger partial charge in [0.15, 0.2) is 0 Å². The number of rotatable bonds is 4. The van der Waals surface area contributed by atoms with Crippen molar-refractivity contribution in [2.45, 2.75) is 19.0 Å². The maximum Gasteiger partial charge on any atom is 0.255 e. The minimum atomic E-state index is -0.562. The molecule has 4 aromatic rings. The number of aromatic nitrogens is 2. The number of carbonyl (C=O) groups excluding carboxylic acids is 1. The van der Waals surface area contributed by atoms with E-state index in [9.17, 15) is 14.3 Å². The first-order chi connectivity index (χ1) is 16.0. The quantitative estimate of drug-likeness (QED) is 0.483. The highest BCUT2D eigenvalue weighted by molar-refractivity contribution is 6.01. The minimum absolute atomic E-state index is 0.110. The molecule has 1 amide bonds. The molecule has 0 unspecified atom stereocenters. The number of hydrogen-bond acceptors (Lipinski definition) is 3. The van der Waals surface area contributed by atoms with Crippen LogP contribution in [0.15, 0.2) is 72.8 Å². The zero-order valence-corrected chi connectivity index (χ0v) is 17.6. The number of benzene rings is 3. The number of hydrogen-bond donors (Lipinski definition) is 2. The van der Waals surface area contributed by atoms with Crippen LogP contribution < -0.4 is 0 Å². The molecule has 0 bridgehead atoms. The zero-order valence-electron chi connectivity index (χ0n) is 17.6. The fourth-order valence-corrected chi connectivity index (χ4v) is 4.34. The van der Waals surface area contributed by atoms with Crippen molar-refractivity contribution in [2.24, 2.45) is 0 Å². The van der Waals surface area contributed by atoms with E-state index in [1.807, 2.05) is 24.3 Å². The highest BCUT2D eigenvalue weighted by Crippen LogP contribution is 2.32. The minimum Gasteiger partial charge on any atom is -0.394 e. The van der Waals surface area contributed by atoms with Gasteiger partial charge in [-0.05, 0) is 60.0 Å². The number of aromatic amines is 1. The van der Waals surface area contributed by atoms with Crippen LogP contribution in [0.25, 0.3) is 22.5 Å².